The number of nitrogens with zero attached hydrogens (tertiary/aromatic N) is 8. The number of aryl methyl sites for hydroxylation is 1. The topological polar surface area (TPSA) is 475 Å². The molecule has 0 saturated carbocycles. The second kappa shape index (κ2) is 32.0. The van der Waals surface area contributed by atoms with E-state index in [1.165, 1.54) is 17.2 Å². The average Bonchev–Trinajstić information content (AvgIpc) is 1.60. The number of nitrogen functional groups attached to an aromatic ring is 1. The molecule has 0 spiro atoms. The van der Waals surface area contributed by atoms with Crippen molar-refractivity contribution in [2.75, 3.05) is 73.7 Å². The molecule has 8 amide bonds. The van der Waals surface area contributed by atoms with Crippen LogP contribution in [0.25, 0.3) is 22.2 Å². The number of rotatable bonds is 23. The Bertz CT molecular complexity index is 4260. The van der Waals surface area contributed by atoms with Gasteiger partial charge >= 0.3 is 19.6 Å². The van der Waals surface area contributed by atoms with Crippen molar-refractivity contribution in [1.82, 2.24) is 66.0 Å². The van der Waals surface area contributed by atoms with Gasteiger partial charge in [-0.1, -0.05) is 86.9 Å². The molecule has 4 aromatic heterocycles. The molecule has 3 saturated heterocycles. The zero-order valence-corrected chi connectivity index (χ0v) is 57.6. The van der Waals surface area contributed by atoms with Gasteiger partial charge in [0.25, 0.3) is 0 Å². The molecule has 100 heavy (non-hydrogen) atoms. The Balaban J connectivity index is 0.680. The van der Waals surface area contributed by atoms with Gasteiger partial charge in [-0.15, -0.1) is 0 Å². The highest BCUT2D eigenvalue weighted by Gasteiger charge is 2.54. The predicted octanol–water partition coefficient (Wildman–Crippen LogP) is 1.57. The molecule has 0 aliphatic carbocycles. The van der Waals surface area contributed by atoms with Crippen molar-refractivity contribution >= 4 is 125 Å². The van der Waals surface area contributed by atoms with E-state index in [0.29, 0.717) is 42.1 Å². The van der Waals surface area contributed by atoms with Crippen LogP contribution >= 0.6 is 38.1 Å². The molecule has 9 heterocycles. The van der Waals surface area contributed by atoms with Crippen LogP contribution in [-0.2, 0) is 78.4 Å². The number of thiol groups is 2. The number of aliphatic hydroxyl groups is 2. The second-order valence-electron chi connectivity index (χ2n) is 24.1. The number of nitrogens with two attached hydrogens (primary N) is 2. The summed E-state index contributed by atoms with van der Waals surface area (Å²) in [5, 5.41) is 45.9. The van der Waals surface area contributed by atoms with Gasteiger partial charge in [-0.05, 0) is 60.9 Å². The summed E-state index contributed by atoms with van der Waals surface area (Å²) in [5.74, 6) is 2.41. The van der Waals surface area contributed by atoms with Crippen LogP contribution in [0.3, 0.4) is 0 Å². The Morgan fingerprint density at radius 3 is 2.25 bits per heavy atom. The summed E-state index contributed by atoms with van der Waals surface area (Å²) in [5.41, 5.74) is 15.9. The molecule has 6 aromatic rings. The van der Waals surface area contributed by atoms with Gasteiger partial charge in [-0.3, -0.25) is 51.4 Å². The van der Waals surface area contributed by atoms with Crippen LogP contribution in [-0.4, -0.2) is 187 Å². The molecule has 13 atom stereocenters. The van der Waals surface area contributed by atoms with Crippen LogP contribution in [0.2, 0.25) is 0 Å². The van der Waals surface area contributed by atoms with Crippen LogP contribution in [0.4, 0.5) is 28.1 Å². The Morgan fingerprint density at radius 1 is 0.760 bits per heavy atom. The van der Waals surface area contributed by atoms with Gasteiger partial charge in [-0.2, -0.15) is 9.97 Å². The van der Waals surface area contributed by atoms with Crippen molar-refractivity contribution in [3.05, 3.63) is 89.6 Å². The summed E-state index contributed by atoms with van der Waals surface area (Å²) >= 11 is 8.47. The number of benzene rings is 2. The number of hydrogen-bond acceptors (Lipinski definition) is 25. The van der Waals surface area contributed by atoms with Crippen molar-refractivity contribution in [1.29, 1.82) is 0 Å². The van der Waals surface area contributed by atoms with Gasteiger partial charge in [0.15, 0.2) is 23.9 Å². The summed E-state index contributed by atoms with van der Waals surface area (Å²) in [7, 11) is 0. The van der Waals surface area contributed by atoms with Crippen molar-refractivity contribution < 1.29 is 80.5 Å². The summed E-state index contributed by atoms with van der Waals surface area (Å²) in [4.78, 5) is 116. The first-order chi connectivity index (χ1) is 47.9. The molecule has 39 heteroatoms. The van der Waals surface area contributed by atoms with Gasteiger partial charge in [0.1, 0.15) is 72.0 Å². The van der Waals surface area contributed by atoms with Crippen LogP contribution in [0.15, 0.2) is 67.4 Å². The van der Waals surface area contributed by atoms with E-state index in [4.69, 9.17) is 39.0 Å². The zero-order chi connectivity index (χ0) is 71.0. The lowest BCUT2D eigenvalue weighted by atomic mass is 9.97. The maximum absolute atomic E-state index is 14.2. The number of nitrogens with one attached hydrogen (secondary N) is 8. The SMILES string of the molecule is CCC(C)[C@H](NC(=O)CNC(=O)CNC(=O)CCC(=O)N1Cc2ccccc2C#Cc2ccccc21)C(=O)N[C@@H](CCCNC(N)=O)C(=O)NCCNc1nc(N)c2ncn([C@@H]3O[C@@H]4COP(=O)(S)O[C@H]5[C@@H](O)[C@H](n6cc7c8c(ncnc86)NCCC7)O[C@@H]5COP(=O)(S)O[C@@H]3[C@@H]4O)c2n1. The number of aromatic nitrogens is 7. The third-order valence-electron chi connectivity index (χ3n) is 17.3. The monoisotopic (exact) mass is 1460 g/mol. The van der Waals surface area contributed by atoms with E-state index in [1.54, 1.807) is 41.6 Å². The molecule has 2 bridgehead atoms. The molecule has 2 aromatic carbocycles. The summed E-state index contributed by atoms with van der Waals surface area (Å²) < 4.78 is 67.0. The quantitative estimate of drug-likeness (QED) is 0.0187. The maximum Gasteiger partial charge on any atom is 0.386 e. The highest BCUT2D eigenvalue weighted by atomic mass is 32.7. The van der Waals surface area contributed by atoms with E-state index in [0.717, 1.165) is 28.5 Å². The third-order valence-corrected chi connectivity index (χ3v) is 20.5. The standard InChI is InChI=1S/C61H76N18O17P2S2/c1-3-32(2)46(74-43(82)25-69-42(81)24-68-41(80)18-19-44(83)77-26-35-12-5-4-10-33(35)16-17-34-11-6-7-15-38(34)77)57(87)73-37(14-9-21-66-60(63)88)56(86)65-22-23-67-61-75-52(62)47-55(76-61)79(31-72-47)59-51-48(84)39(93-59)28-91-97(89,99)95-50-40(29-92-98(90,100)96-51)94-58(49(50)85)78-27-36-13-8-20-64-53-45(36)54(78)71-30-70-53/h4-7,10-12,15,27,30-32,37,39-40,46,48-51,58-59,84-85H,3,8-9,13-14,18-26,28-29H2,1-2H3,(H,65,86)(H,68,80)(H,69,81)(H,73,87)(H,74,82)(H,89,99)(H,90,100)(H3,63,66,88)(H,64,70,71)(H3,62,67,75,76)/t32?,37-,39+,40+,46-,48+,49+,50+,51+,58+,59+,97?,98?/m0/s1. The largest absolute Gasteiger partial charge is 0.387 e. The zero-order valence-electron chi connectivity index (χ0n) is 54.1. The fraction of sp³-hybridized carbons (Fsp3) is 0.475. The smallest absolute Gasteiger partial charge is 0.386 e. The van der Waals surface area contributed by atoms with E-state index < -0.39 is 143 Å². The average molecular weight is 1460 g/mol. The van der Waals surface area contributed by atoms with Crippen molar-refractivity contribution in [3.8, 4) is 11.8 Å². The Morgan fingerprint density at radius 2 is 1.47 bits per heavy atom. The number of ether oxygens (including phenoxy) is 2. The Hall–Kier alpha value is -8.50. The van der Waals surface area contributed by atoms with E-state index in [1.807, 2.05) is 36.4 Å². The van der Waals surface area contributed by atoms with Crippen molar-refractivity contribution in [2.24, 2.45) is 11.7 Å². The number of carbonyl (C=O) groups excluding carboxylic acids is 7. The number of urea groups is 1. The lowest BCUT2D eigenvalue weighted by molar-refractivity contribution is -0.133. The number of carbonyl (C=O) groups is 7. The normalized spacial score (nSPS) is 24.9. The number of aliphatic hydroxyl groups excluding tert-OH is 2. The number of imidazole rings is 1. The predicted molar refractivity (Wildman–Crippen MR) is 366 cm³/mol. The van der Waals surface area contributed by atoms with Crippen molar-refractivity contribution in [2.45, 2.75) is 127 Å². The van der Waals surface area contributed by atoms with Gasteiger partial charge in [0.05, 0.1) is 50.2 Å². The number of primary amides is 1. The highest BCUT2D eigenvalue weighted by molar-refractivity contribution is 8.44. The Labute approximate surface area is 582 Å². The number of hydrogen-bond donors (Lipinski definition) is 14. The third kappa shape index (κ3) is 17.3. The molecule has 5 aliphatic heterocycles. The van der Waals surface area contributed by atoms with E-state index in [9.17, 15) is 52.9 Å². The number of para-hydroxylation sites is 1. The first-order valence-corrected chi connectivity index (χ1v) is 37.6. The Kier molecular flexibility index (Phi) is 23.3. The summed E-state index contributed by atoms with van der Waals surface area (Å²) in [6.07, 6.45) is -5.57. The minimum Gasteiger partial charge on any atom is -0.387 e. The van der Waals surface area contributed by atoms with Crippen LogP contribution in [0.5, 0.6) is 0 Å². The summed E-state index contributed by atoms with van der Waals surface area (Å²) in [6, 6.07) is 11.5. The molecule has 3 fully saturated rings. The maximum atomic E-state index is 14.2. The van der Waals surface area contributed by atoms with Gasteiger partial charge in [0.2, 0.25) is 41.4 Å². The van der Waals surface area contributed by atoms with Gasteiger partial charge in [0, 0.05) is 56.3 Å². The summed E-state index contributed by atoms with van der Waals surface area (Å²) in [6.45, 7) is -7.08. The molecule has 14 N–H and O–H groups in total. The minimum atomic E-state index is -4.55. The molecule has 35 nitrogen and oxygen atoms in total. The number of fused-ring (bicyclic) bond motifs is 6. The molecule has 5 aliphatic rings. The fourth-order valence-corrected chi connectivity index (χ4v) is 15.0. The van der Waals surface area contributed by atoms with Crippen molar-refractivity contribution in [3.63, 3.8) is 0 Å². The minimum absolute atomic E-state index is 0.00504. The van der Waals surface area contributed by atoms with Crippen LogP contribution in [0, 0.1) is 17.8 Å². The van der Waals surface area contributed by atoms with E-state index in [2.05, 4.69) is 104 Å². The lowest BCUT2D eigenvalue weighted by Gasteiger charge is -2.26. The first kappa shape index (κ1) is 72.7. The fourth-order valence-electron chi connectivity index (χ4n) is 12.0. The van der Waals surface area contributed by atoms with Crippen LogP contribution in [0.1, 0.15) is 87.1 Å². The number of amides is 8. The second-order valence-corrected chi connectivity index (χ2v) is 29.9. The lowest BCUT2D eigenvalue weighted by Crippen LogP contribution is -2.57. The molecule has 534 valence electrons. The molecule has 11 rings (SSSR count). The number of anilines is 4. The van der Waals surface area contributed by atoms with E-state index >= 15 is 0 Å². The van der Waals surface area contributed by atoms with E-state index in [-0.39, 0.29) is 80.7 Å². The highest BCUT2D eigenvalue weighted by Crippen LogP contribution is 2.60. The molecule has 3 unspecified atom stereocenters. The van der Waals surface area contributed by atoms with Gasteiger partial charge in [-0.25, -0.2) is 28.9 Å². The van der Waals surface area contributed by atoms with Gasteiger partial charge < -0.3 is 83.2 Å². The molecular formula is C61H76N18O17P2S2. The molecule has 0 radical (unpaired) electrons. The first-order valence-electron chi connectivity index (χ1n) is 32.2. The van der Waals surface area contributed by atoms with Crippen LogP contribution < -0.4 is 58.9 Å². The molecular weight excluding hydrogens is 1380 g/mol.